The number of nitro benzene ring substituents is 1. The van der Waals surface area contributed by atoms with Crippen LogP contribution in [0, 0.1) is 21.7 Å². The molecule has 0 saturated carbocycles. The van der Waals surface area contributed by atoms with Crippen molar-refractivity contribution in [1.82, 2.24) is 4.90 Å². The third-order valence-electron chi connectivity index (χ3n) is 5.11. The van der Waals surface area contributed by atoms with E-state index in [4.69, 9.17) is 4.74 Å². The van der Waals surface area contributed by atoms with Crippen LogP contribution >= 0.6 is 11.3 Å². The lowest BCUT2D eigenvalue weighted by molar-refractivity contribution is -0.384. The molecule has 0 radical (unpaired) electrons. The quantitative estimate of drug-likeness (QED) is 0.292. The van der Waals surface area contributed by atoms with Crippen LogP contribution in [0.1, 0.15) is 28.4 Å². The number of non-ortho nitro benzene ring substituents is 1. The predicted octanol–water partition coefficient (Wildman–Crippen LogP) is 5.52. The number of carbonyl (C=O) groups excluding carboxylic acids is 1. The number of halogens is 2. The summed E-state index contributed by atoms with van der Waals surface area (Å²) in [6, 6.07) is 8.87. The van der Waals surface area contributed by atoms with Crippen LogP contribution in [0.5, 0.6) is 0 Å². The molecule has 0 aliphatic carbocycles. The third kappa shape index (κ3) is 5.66. The molecule has 1 N–H and O–H groups in total. The standard InChI is InChI=1S/C24H23F2N3O6S/c1-4-35-24(32)28(13-16-18(25)9-6-10-19(16)26)22-20(23(30)31)17(12-27(2)3)21(36-22)14-7-5-8-15(11-14)29(33)34/h5-11H,4,12-13H2,1-3H3,(H,30,31). The molecule has 1 amide bonds. The number of carboxylic acid groups (broad SMARTS) is 1. The molecular formula is C24H23F2N3O6S. The fraction of sp³-hybridized carbons (Fsp3) is 0.250. The van der Waals surface area contributed by atoms with E-state index in [1.54, 1.807) is 25.1 Å². The molecule has 0 atom stereocenters. The number of rotatable bonds is 9. The Bertz CT molecular complexity index is 1290. The molecule has 0 unspecified atom stereocenters. The maximum absolute atomic E-state index is 14.5. The highest BCUT2D eigenvalue weighted by molar-refractivity contribution is 7.20. The van der Waals surface area contributed by atoms with Crippen LogP contribution in [0.25, 0.3) is 10.4 Å². The largest absolute Gasteiger partial charge is 0.478 e. The van der Waals surface area contributed by atoms with E-state index in [0.717, 1.165) is 28.4 Å². The summed E-state index contributed by atoms with van der Waals surface area (Å²) in [6.45, 7) is 0.957. The Morgan fingerprint density at radius 2 is 1.72 bits per heavy atom. The zero-order chi connectivity index (χ0) is 26.6. The van der Waals surface area contributed by atoms with Crippen molar-refractivity contribution in [1.29, 1.82) is 0 Å². The molecule has 1 heterocycles. The molecule has 0 fully saturated rings. The van der Waals surface area contributed by atoms with Crippen molar-refractivity contribution in [2.75, 3.05) is 25.6 Å². The number of carbonyl (C=O) groups is 2. The number of amides is 1. The Kier molecular flexibility index (Phi) is 8.33. The number of anilines is 1. The van der Waals surface area contributed by atoms with Gasteiger partial charge in [-0.1, -0.05) is 18.2 Å². The second kappa shape index (κ2) is 11.2. The fourth-order valence-electron chi connectivity index (χ4n) is 3.59. The zero-order valence-corrected chi connectivity index (χ0v) is 20.5. The first-order chi connectivity index (χ1) is 17.0. The molecule has 12 heteroatoms. The zero-order valence-electron chi connectivity index (χ0n) is 19.7. The number of hydrogen-bond acceptors (Lipinski definition) is 7. The average molecular weight is 520 g/mol. The Morgan fingerprint density at radius 1 is 1.08 bits per heavy atom. The van der Waals surface area contributed by atoms with Crippen LogP contribution in [0.2, 0.25) is 0 Å². The van der Waals surface area contributed by atoms with Crippen molar-refractivity contribution in [2.24, 2.45) is 0 Å². The summed E-state index contributed by atoms with van der Waals surface area (Å²) in [4.78, 5) is 39.1. The van der Waals surface area contributed by atoms with Crippen molar-refractivity contribution < 1.29 is 33.1 Å². The summed E-state index contributed by atoms with van der Waals surface area (Å²) in [6.07, 6.45) is -0.995. The molecule has 0 spiro atoms. The number of carboxylic acids is 1. The SMILES string of the molecule is CCOC(=O)N(Cc1c(F)cccc1F)c1sc(-c2cccc([N+](=O)[O-])c2)c(CN(C)C)c1C(=O)O. The molecule has 0 aliphatic rings. The second-order valence-corrected chi connectivity index (χ2v) is 8.92. The van der Waals surface area contributed by atoms with Crippen molar-refractivity contribution >= 4 is 34.1 Å². The molecule has 3 aromatic rings. The third-order valence-corrected chi connectivity index (χ3v) is 6.41. The van der Waals surface area contributed by atoms with Gasteiger partial charge in [-0.05, 0) is 38.7 Å². The Labute approximate surface area is 209 Å². The number of thiophene rings is 1. The Morgan fingerprint density at radius 3 is 2.28 bits per heavy atom. The van der Waals surface area contributed by atoms with E-state index in [2.05, 4.69) is 0 Å². The summed E-state index contributed by atoms with van der Waals surface area (Å²) in [5.41, 5.74) is -0.260. The second-order valence-electron chi connectivity index (χ2n) is 7.93. The minimum Gasteiger partial charge on any atom is -0.478 e. The van der Waals surface area contributed by atoms with E-state index in [1.165, 1.54) is 31.2 Å². The molecule has 9 nitrogen and oxygen atoms in total. The van der Waals surface area contributed by atoms with E-state index < -0.39 is 40.7 Å². The van der Waals surface area contributed by atoms with E-state index in [0.29, 0.717) is 10.4 Å². The molecule has 0 saturated heterocycles. The number of nitrogens with zero attached hydrogens (tertiary/aromatic N) is 3. The average Bonchev–Trinajstić information content (AvgIpc) is 3.17. The van der Waals surface area contributed by atoms with Gasteiger partial charge in [-0.2, -0.15) is 0 Å². The smallest absolute Gasteiger partial charge is 0.415 e. The number of aromatic carboxylic acids is 1. The van der Waals surface area contributed by atoms with Crippen LogP contribution in [-0.2, 0) is 17.8 Å². The molecule has 36 heavy (non-hydrogen) atoms. The summed E-state index contributed by atoms with van der Waals surface area (Å²) >= 11 is 0.873. The van der Waals surface area contributed by atoms with Gasteiger partial charge < -0.3 is 14.7 Å². The van der Waals surface area contributed by atoms with E-state index >= 15 is 0 Å². The first kappa shape index (κ1) is 26.7. The normalized spacial score (nSPS) is 10.9. The van der Waals surface area contributed by atoms with Crippen LogP contribution in [-0.4, -0.2) is 47.7 Å². The highest BCUT2D eigenvalue weighted by atomic mass is 32.1. The molecule has 0 bridgehead atoms. The monoisotopic (exact) mass is 519 g/mol. The van der Waals surface area contributed by atoms with Crippen molar-refractivity contribution in [3.8, 4) is 10.4 Å². The van der Waals surface area contributed by atoms with Gasteiger partial charge in [-0.15, -0.1) is 11.3 Å². The first-order valence-corrected chi connectivity index (χ1v) is 11.5. The van der Waals surface area contributed by atoms with E-state index in [1.807, 2.05) is 0 Å². The highest BCUT2D eigenvalue weighted by Gasteiger charge is 2.32. The molecule has 0 aliphatic heterocycles. The highest BCUT2D eigenvalue weighted by Crippen LogP contribution is 2.44. The van der Waals surface area contributed by atoms with Gasteiger partial charge in [0.25, 0.3) is 5.69 Å². The minimum atomic E-state index is -1.38. The van der Waals surface area contributed by atoms with Gasteiger partial charge in [0.2, 0.25) is 0 Å². The maximum Gasteiger partial charge on any atom is 0.415 e. The number of hydrogen-bond donors (Lipinski definition) is 1. The molecular weight excluding hydrogens is 496 g/mol. The van der Waals surface area contributed by atoms with Crippen molar-refractivity contribution in [2.45, 2.75) is 20.0 Å². The summed E-state index contributed by atoms with van der Waals surface area (Å²) < 4.78 is 34.0. The van der Waals surface area contributed by atoms with Crippen LogP contribution in [0.4, 0.5) is 24.3 Å². The Hall–Kier alpha value is -3.90. The van der Waals surface area contributed by atoms with Gasteiger partial charge in [-0.25, -0.2) is 18.4 Å². The van der Waals surface area contributed by atoms with Crippen molar-refractivity contribution in [3.05, 3.63) is 80.9 Å². The number of ether oxygens (including phenoxy) is 1. The molecule has 1 aromatic heterocycles. The molecule has 190 valence electrons. The topological polar surface area (TPSA) is 113 Å². The van der Waals surface area contributed by atoms with Gasteiger partial charge >= 0.3 is 12.1 Å². The lowest BCUT2D eigenvalue weighted by atomic mass is 10.0. The first-order valence-electron chi connectivity index (χ1n) is 10.7. The number of nitro groups is 1. The minimum absolute atomic E-state index is 0.0643. The van der Waals surface area contributed by atoms with Gasteiger partial charge in [0.1, 0.15) is 16.6 Å². The van der Waals surface area contributed by atoms with E-state index in [-0.39, 0.29) is 35.0 Å². The van der Waals surface area contributed by atoms with Gasteiger partial charge in [-0.3, -0.25) is 15.0 Å². The summed E-state index contributed by atoms with van der Waals surface area (Å²) in [5.74, 6) is -3.20. The molecule has 3 rings (SSSR count). The van der Waals surface area contributed by atoms with Gasteiger partial charge in [0.15, 0.2) is 0 Å². The lowest BCUT2D eigenvalue weighted by Gasteiger charge is -2.22. The summed E-state index contributed by atoms with van der Waals surface area (Å²) in [7, 11) is 3.41. The van der Waals surface area contributed by atoms with Crippen molar-refractivity contribution in [3.63, 3.8) is 0 Å². The predicted molar refractivity (Wildman–Crippen MR) is 130 cm³/mol. The maximum atomic E-state index is 14.5. The lowest BCUT2D eigenvalue weighted by Crippen LogP contribution is -2.32. The Balaban J connectivity index is 2.29. The number of benzene rings is 2. The summed E-state index contributed by atoms with van der Waals surface area (Å²) in [5, 5.41) is 21.4. The van der Waals surface area contributed by atoms with Gasteiger partial charge in [0.05, 0.1) is 23.6 Å². The van der Waals surface area contributed by atoms with E-state index in [9.17, 15) is 33.6 Å². The van der Waals surface area contributed by atoms with Crippen LogP contribution in [0.3, 0.4) is 0 Å². The van der Waals surface area contributed by atoms with Gasteiger partial charge in [0, 0.05) is 34.7 Å². The van der Waals surface area contributed by atoms with Crippen LogP contribution < -0.4 is 4.90 Å². The molecule has 2 aromatic carbocycles. The fourth-order valence-corrected chi connectivity index (χ4v) is 4.88. The van der Waals surface area contributed by atoms with Crippen LogP contribution in [0.15, 0.2) is 42.5 Å².